The third-order valence-corrected chi connectivity index (χ3v) is 4.88. The van der Waals surface area contributed by atoms with Crippen molar-refractivity contribution < 1.29 is 18.0 Å². The van der Waals surface area contributed by atoms with E-state index in [4.69, 9.17) is 17.4 Å². The van der Waals surface area contributed by atoms with E-state index in [2.05, 4.69) is 10.1 Å². The summed E-state index contributed by atoms with van der Waals surface area (Å²) in [7, 11) is 0. The van der Waals surface area contributed by atoms with Crippen molar-refractivity contribution in [1.82, 2.24) is 20.0 Å². The van der Waals surface area contributed by atoms with E-state index in [-0.39, 0.29) is 11.2 Å². The lowest BCUT2D eigenvalue weighted by Crippen LogP contribution is -2.29. The van der Waals surface area contributed by atoms with Gasteiger partial charge in [-0.1, -0.05) is 41.9 Å². The number of nitrogens with two attached hydrogens (primary N) is 1. The molecule has 0 saturated heterocycles. The zero-order valence-electron chi connectivity index (χ0n) is 15.1. The van der Waals surface area contributed by atoms with Gasteiger partial charge in [0.2, 0.25) is 0 Å². The Morgan fingerprint density at radius 1 is 1.03 bits per heavy atom. The van der Waals surface area contributed by atoms with Crippen LogP contribution in [0.2, 0.25) is 5.02 Å². The lowest BCUT2D eigenvalue weighted by molar-refractivity contribution is -0.137. The number of aromatic nitrogens is 3. The summed E-state index contributed by atoms with van der Waals surface area (Å²) in [4.78, 5) is 16.3. The number of hydrazine groups is 1. The number of carbonyl (C=O) groups excluding carboxylic acids is 1. The topological polar surface area (TPSA) is 85.3 Å². The van der Waals surface area contributed by atoms with Crippen molar-refractivity contribution >= 4 is 23.2 Å². The highest BCUT2D eigenvalue weighted by Crippen LogP contribution is 2.37. The lowest BCUT2D eigenvalue weighted by Gasteiger charge is -2.14. The molecule has 2 aromatic carbocycles. The Labute approximate surface area is 173 Å². The SMILES string of the molecule is NNC(=O)c1cnn2c(-c3ccc(C(F)(F)F)cc3)c(-c3ccccc3Cl)cnc12. The molecule has 0 saturated carbocycles. The monoisotopic (exact) mass is 431 g/mol. The Balaban J connectivity index is 2.01. The number of nitrogen functional groups attached to an aromatic ring is 1. The summed E-state index contributed by atoms with van der Waals surface area (Å²) >= 11 is 6.35. The van der Waals surface area contributed by atoms with E-state index >= 15 is 0 Å². The molecule has 0 radical (unpaired) electrons. The molecule has 6 nitrogen and oxygen atoms in total. The molecule has 0 spiro atoms. The average molecular weight is 432 g/mol. The molecular weight excluding hydrogens is 419 g/mol. The number of hydrogen-bond acceptors (Lipinski definition) is 4. The molecule has 0 bridgehead atoms. The third-order valence-electron chi connectivity index (χ3n) is 4.55. The van der Waals surface area contributed by atoms with Gasteiger partial charge in [0.1, 0.15) is 5.56 Å². The molecule has 3 N–H and O–H groups in total. The fourth-order valence-corrected chi connectivity index (χ4v) is 3.38. The molecule has 1 amide bonds. The van der Waals surface area contributed by atoms with Crippen molar-refractivity contribution in [1.29, 1.82) is 0 Å². The van der Waals surface area contributed by atoms with Gasteiger partial charge >= 0.3 is 6.18 Å². The molecular formula is C20H13ClF3N5O. The summed E-state index contributed by atoms with van der Waals surface area (Å²) < 4.78 is 40.4. The predicted octanol–water partition coefficient (Wildman–Crippen LogP) is 4.34. The highest BCUT2D eigenvalue weighted by Gasteiger charge is 2.30. The van der Waals surface area contributed by atoms with E-state index in [1.54, 1.807) is 24.3 Å². The molecule has 152 valence electrons. The molecule has 0 atom stereocenters. The van der Waals surface area contributed by atoms with E-state index < -0.39 is 17.6 Å². The van der Waals surface area contributed by atoms with E-state index in [1.807, 2.05) is 5.43 Å². The molecule has 0 fully saturated rings. The normalized spacial score (nSPS) is 11.6. The number of nitrogens with zero attached hydrogens (tertiary/aromatic N) is 3. The number of hydrogen-bond donors (Lipinski definition) is 2. The number of fused-ring (bicyclic) bond motifs is 1. The van der Waals surface area contributed by atoms with Crippen LogP contribution in [0.5, 0.6) is 0 Å². The van der Waals surface area contributed by atoms with Gasteiger partial charge in [-0.3, -0.25) is 10.2 Å². The van der Waals surface area contributed by atoms with Crippen LogP contribution in [0.3, 0.4) is 0 Å². The molecule has 2 heterocycles. The van der Waals surface area contributed by atoms with E-state index in [9.17, 15) is 18.0 Å². The van der Waals surface area contributed by atoms with Crippen LogP contribution in [0.25, 0.3) is 28.0 Å². The van der Waals surface area contributed by atoms with Gasteiger partial charge in [0.05, 0.1) is 17.5 Å². The first kappa shape index (κ1) is 19.9. The van der Waals surface area contributed by atoms with Gasteiger partial charge in [-0.15, -0.1) is 0 Å². The Bertz CT molecular complexity index is 1250. The number of benzene rings is 2. The van der Waals surface area contributed by atoms with Crippen LogP contribution < -0.4 is 11.3 Å². The maximum Gasteiger partial charge on any atom is 0.416 e. The van der Waals surface area contributed by atoms with Crippen LogP contribution in [-0.4, -0.2) is 20.5 Å². The highest BCUT2D eigenvalue weighted by molar-refractivity contribution is 6.33. The molecule has 0 aliphatic heterocycles. The molecule has 0 aliphatic rings. The Morgan fingerprint density at radius 2 is 1.73 bits per heavy atom. The number of halogens is 4. The maximum absolute atomic E-state index is 13.0. The summed E-state index contributed by atoms with van der Waals surface area (Å²) in [5.74, 6) is 4.62. The minimum absolute atomic E-state index is 0.122. The maximum atomic E-state index is 13.0. The molecule has 0 unspecified atom stereocenters. The van der Waals surface area contributed by atoms with Gasteiger partial charge in [0.25, 0.3) is 5.91 Å². The van der Waals surface area contributed by atoms with Crippen LogP contribution in [0.4, 0.5) is 13.2 Å². The van der Waals surface area contributed by atoms with Crippen molar-refractivity contribution in [2.24, 2.45) is 5.84 Å². The van der Waals surface area contributed by atoms with E-state index in [0.717, 1.165) is 12.1 Å². The number of alkyl halides is 3. The van der Waals surface area contributed by atoms with Crippen LogP contribution in [0.15, 0.2) is 60.9 Å². The van der Waals surface area contributed by atoms with Crippen LogP contribution in [0, 0.1) is 0 Å². The quantitative estimate of drug-likeness (QED) is 0.287. The summed E-state index contributed by atoms with van der Waals surface area (Å²) in [5, 5.41) is 4.65. The summed E-state index contributed by atoms with van der Waals surface area (Å²) in [6.07, 6.45) is -1.68. The molecule has 4 aromatic rings. The number of carbonyl (C=O) groups is 1. The van der Waals surface area contributed by atoms with Crippen molar-refractivity contribution in [3.63, 3.8) is 0 Å². The number of amides is 1. The number of nitrogens with one attached hydrogen (secondary N) is 1. The summed E-state index contributed by atoms with van der Waals surface area (Å²) in [6.45, 7) is 0. The van der Waals surface area contributed by atoms with Crippen molar-refractivity contribution in [3.05, 3.63) is 77.1 Å². The van der Waals surface area contributed by atoms with Crippen molar-refractivity contribution in [2.75, 3.05) is 0 Å². The second-order valence-electron chi connectivity index (χ2n) is 6.34. The fourth-order valence-electron chi connectivity index (χ4n) is 3.14. The largest absolute Gasteiger partial charge is 0.416 e. The predicted molar refractivity (Wildman–Crippen MR) is 106 cm³/mol. The molecule has 0 aliphatic carbocycles. The van der Waals surface area contributed by atoms with Crippen LogP contribution in [0.1, 0.15) is 15.9 Å². The van der Waals surface area contributed by atoms with Gasteiger partial charge in [0.15, 0.2) is 5.65 Å². The molecule has 30 heavy (non-hydrogen) atoms. The van der Waals surface area contributed by atoms with E-state index in [1.165, 1.54) is 29.0 Å². The van der Waals surface area contributed by atoms with Gasteiger partial charge in [0, 0.05) is 27.9 Å². The Kier molecular flexibility index (Phi) is 4.92. The van der Waals surface area contributed by atoms with E-state index in [0.29, 0.717) is 27.4 Å². The first-order valence-corrected chi connectivity index (χ1v) is 8.99. The van der Waals surface area contributed by atoms with Gasteiger partial charge < -0.3 is 0 Å². The second kappa shape index (κ2) is 7.43. The first-order chi connectivity index (χ1) is 14.3. The van der Waals surface area contributed by atoms with Crippen molar-refractivity contribution in [3.8, 4) is 22.4 Å². The second-order valence-corrected chi connectivity index (χ2v) is 6.75. The first-order valence-electron chi connectivity index (χ1n) is 8.61. The zero-order chi connectivity index (χ0) is 21.5. The molecule has 10 heteroatoms. The highest BCUT2D eigenvalue weighted by atomic mass is 35.5. The summed E-state index contributed by atoms with van der Waals surface area (Å²) in [5.41, 5.74) is 3.58. The Hall–Kier alpha value is -3.43. The average Bonchev–Trinajstić information content (AvgIpc) is 3.16. The Morgan fingerprint density at radius 3 is 2.37 bits per heavy atom. The van der Waals surface area contributed by atoms with Gasteiger partial charge in [-0.25, -0.2) is 15.3 Å². The van der Waals surface area contributed by atoms with Crippen LogP contribution in [-0.2, 0) is 6.18 Å². The molecule has 2 aromatic heterocycles. The zero-order valence-corrected chi connectivity index (χ0v) is 15.9. The number of rotatable bonds is 3. The minimum Gasteiger partial charge on any atom is -0.290 e. The van der Waals surface area contributed by atoms with Gasteiger partial charge in [-0.05, 0) is 18.2 Å². The van der Waals surface area contributed by atoms with Gasteiger partial charge in [-0.2, -0.15) is 18.3 Å². The standard InChI is InChI=1S/C20H13ClF3N5O/c21-16-4-2-1-3-13(16)14-9-26-18-15(19(30)28-25)10-27-29(18)17(14)11-5-7-12(8-6-11)20(22,23)24/h1-10H,25H2,(H,28,30). The van der Waals surface area contributed by atoms with Crippen LogP contribution >= 0.6 is 11.6 Å². The summed E-state index contributed by atoms with van der Waals surface area (Å²) in [6, 6.07) is 11.6. The smallest absolute Gasteiger partial charge is 0.290 e. The third kappa shape index (κ3) is 3.38. The fraction of sp³-hybridized carbons (Fsp3) is 0.0500. The molecule has 4 rings (SSSR count). The van der Waals surface area contributed by atoms with Crippen molar-refractivity contribution in [2.45, 2.75) is 6.18 Å². The minimum atomic E-state index is -4.46. The lowest BCUT2D eigenvalue weighted by atomic mass is 9.99.